The first-order valence-corrected chi connectivity index (χ1v) is 15.3. The quantitative estimate of drug-likeness (QED) is 0.216. The van der Waals surface area contributed by atoms with Gasteiger partial charge in [0.25, 0.3) is 5.91 Å². The molecule has 6 nitrogen and oxygen atoms in total. The maximum absolute atomic E-state index is 14.0. The molecule has 0 fully saturated rings. The molecule has 4 aromatic rings. The van der Waals surface area contributed by atoms with E-state index in [4.69, 9.17) is 14.5 Å². The van der Waals surface area contributed by atoms with Gasteiger partial charge in [-0.15, -0.1) is 11.3 Å². The van der Waals surface area contributed by atoms with Crippen LogP contribution in [0.3, 0.4) is 0 Å². The highest BCUT2D eigenvalue weighted by molar-refractivity contribution is 7.17. The number of para-hydroxylation sites is 1. The van der Waals surface area contributed by atoms with Crippen molar-refractivity contribution in [2.75, 3.05) is 18.5 Å². The number of ether oxygens (including phenoxy) is 2. The monoisotopic (exact) mass is 570 g/mol. The van der Waals surface area contributed by atoms with E-state index in [1.807, 2.05) is 54.6 Å². The number of carbonyl (C=O) groups excluding carboxylic acids is 2. The normalized spacial score (nSPS) is 14.9. The van der Waals surface area contributed by atoms with Gasteiger partial charge in [-0.05, 0) is 73.8 Å². The Morgan fingerprint density at radius 1 is 1.07 bits per heavy atom. The highest BCUT2D eigenvalue weighted by atomic mass is 32.1. The van der Waals surface area contributed by atoms with Crippen molar-refractivity contribution in [3.63, 3.8) is 0 Å². The first-order valence-electron chi connectivity index (χ1n) is 14.5. The fraction of sp³-hybridized carbons (Fsp3) is 0.382. The van der Waals surface area contributed by atoms with Crippen molar-refractivity contribution >= 4 is 39.1 Å². The predicted octanol–water partition coefficient (Wildman–Crippen LogP) is 8.33. The summed E-state index contributed by atoms with van der Waals surface area (Å²) in [5, 5.41) is 4.42. The lowest BCUT2D eigenvalue weighted by Crippen LogP contribution is -2.26. The van der Waals surface area contributed by atoms with E-state index < -0.39 is 0 Å². The molecular weight excluding hydrogens is 532 g/mol. The number of hydrogen-bond donors (Lipinski definition) is 1. The van der Waals surface area contributed by atoms with Gasteiger partial charge in [0.1, 0.15) is 10.8 Å². The lowest BCUT2D eigenvalue weighted by molar-refractivity contribution is 0.0526. The lowest BCUT2D eigenvalue weighted by Gasteiger charge is -2.33. The Bertz CT molecular complexity index is 1580. The van der Waals surface area contributed by atoms with E-state index in [9.17, 15) is 9.59 Å². The van der Waals surface area contributed by atoms with Crippen LogP contribution >= 0.6 is 11.3 Å². The predicted molar refractivity (Wildman–Crippen MR) is 166 cm³/mol. The van der Waals surface area contributed by atoms with Gasteiger partial charge in [0.15, 0.2) is 0 Å². The average Bonchev–Trinajstić information content (AvgIpc) is 3.32. The molecule has 1 N–H and O–H groups in total. The third-order valence-corrected chi connectivity index (χ3v) is 8.93. The molecule has 1 aliphatic carbocycles. The van der Waals surface area contributed by atoms with Gasteiger partial charge < -0.3 is 14.8 Å². The Hall–Kier alpha value is -3.71. The molecule has 214 valence electrons. The highest BCUT2D eigenvalue weighted by Gasteiger charge is 2.34. The SMILES string of the molecule is CCCOc1cccc(-c2cc(C(=O)Nc3sc4c(c3C(=O)OCC)CC[C@@H](C(C)(C)C)C4)c3ccccc3n2)c1. The average molecular weight is 571 g/mol. The van der Waals surface area contributed by atoms with Crippen LogP contribution in [0.2, 0.25) is 0 Å². The molecule has 2 aromatic heterocycles. The minimum Gasteiger partial charge on any atom is -0.494 e. The number of esters is 1. The fourth-order valence-electron chi connectivity index (χ4n) is 5.48. The Kier molecular flexibility index (Phi) is 8.45. The minimum atomic E-state index is -0.376. The number of nitrogens with one attached hydrogen (secondary N) is 1. The molecule has 0 spiro atoms. The second-order valence-corrected chi connectivity index (χ2v) is 12.7. The molecule has 0 bridgehead atoms. The second-order valence-electron chi connectivity index (χ2n) is 11.6. The smallest absolute Gasteiger partial charge is 0.341 e. The van der Waals surface area contributed by atoms with E-state index in [-0.39, 0.29) is 23.9 Å². The van der Waals surface area contributed by atoms with Crippen LogP contribution in [0.15, 0.2) is 54.6 Å². The summed E-state index contributed by atoms with van der Waals surface area (Å²) in [6.45, 7) is 11.6. The first kappa shape index (κ1) is 28.8. The molecule has 0 radical (unpaired) electrons. The van der Waals surface area contributed by atoms with Crippen molar-refractivity contribution in [2.45, 2.75) is 60.3 Å². The van der Waals surface area contributed by atoms with Gasteiger partial charge >= 0.3 is 5.97 Å². The van der Waals surface area contributed by atoms with Crippen LogP contribution in [0, 0.1) is 11.3 Å². The van der Waals surface area contributed by atoms with Gasteiger partial charge in [-0.1, -0.05) is 58.0 Å². The van der Waals surface area contributed by atoms with Crippen molar-refractivity contribution in [3.8, 4) is 17.0 Å². The Morgan fingerprint density at radius 3 is 2.63 bits per heavy atom. The molecule has 0 saturated carbocycles. The van der Waals surface area contributed by atoms with Gasteiger partial charge in [-0.3, -0.25) is 4.79 Å². The van der Waals surface area contributed by atoms with E-state index in [2.05, 4.69) is 33.0 Å². The molecule has 2 aromatic carbocycles. The van der Waals surface area contributed by atoms with E-state index in [1.165, 1.54) is 16.2 Å². The third-order valence-electron chi connectivity index (χ3n) is 7.76. The topological polar surface area (TPSA) is 77.5 Å². The van der Waals surface area contributed by atoms with Gasteiger partial charge in [0, 0.05) is 15.8 Å². The zero-order valence-corrected chi connectivity index (χ0v) is 25.3. The maximum Gasteiger partial charge on any atom is 0.341 e. The second kappa shape index (κ2) is 12.0. The summed E-state index contributed by atoms with van der Waals surface area (Å²) in [7, 11) is 0. The molecule has 1 atom stereocenters. The van der Waals surface area contributed by atoms with Crippen molar-refractivity contribution < 1.29 is 19.1 Å². The lowest BCUT2D eigenvalue weighted by atomic mass is 9.72. The van der Waals surface area contributed by atoms with Crippen molar-refractivity contribution in [3.05, 3.63) is 76.2 Å². The summed E-state index contributed by atoms with van der Waals surface area (Å²) in [4.78, 5) is 33.2. The molecular formula is C34H38N2O4S. The number of benzene rings is 2. The number of nitrogens with zero attached hydrogens (tertiary/aromatic N) is 1. The number of aromatic nitrogens is 1. The standard InChI is InChI=1S/C34H38N2O4S/c1-6-17-40-23-12-10-11-21(18-23)28-20-26(24-13-8-9-14-27(24)35-28)31(37)36-32-30(33(38)39-7-2)25-16-15-22(34(3,4)5)19-29(25)41-32/h8-14,18,20,22H,6-7,15-17,19H2,1-5H3,(H,36,37)/t22-/m1/s1. The van der Waals surface area contributed by atoms with Crippen LogP contribution in [0.25, 0.3) is 22.2 Å². The number of amides is 1. The van der Waals surface area contributed by atoms with Crippen LogP contribution in [0.4, 0.5) is 5.00 Å². The number of rotatable bonds is 8. The van der Waals surface area contributed by atoms with Crippen LogP contribution < -0.4 is 10.1 Å². The van der Waals surface area contributed by atoms with Crippen LogP contribution in [0.1, 0.15) is 78.6 Å². The molecule has 0 saturated heterocycles. The van der Waals surface area contributed by atoms with Crippen LogP contribution in [-0.4, -0.2) is 30.1 Å². The van der Waals surface area contributed by atoms with Crippen molar-refractivity contribution in [1.29, 1.82) is 0 Å². The van der Waals surface area contributed by atoms with E-state index in [0.29, 0.717) is 34.3 Å². The fourth-order valence-corrected chi connectivity index (χ4v) is 6.79. The Morgan fingerprint density at radius 2 is 1.88 bits per heavy atom. The van der Waals surface area contributed by atoms with E-state index in [1.54, 1.807) is 6.92 Å². The maximum atomic E-state index is 14.0. The molecule has 1 aliphatic rings. The first-order chi connectivity index (χ1) is 19.7. The van der Waals surface area contributed by atoms with Crippen LogP contribution in [-0.2, 0) is 17.6 Å². The van der Waals surface area contributed by atoms with Gasteiger partial charge in [0.2, 0.25) is 0 Å². The van der Waals surface area contributed by atoms with Gasteiger partial charge in [0.05, 0.1) is 35.6 Å². The zero-order valence-electron chi connectivity index (χ0n) is 24.5. The minimum absolute atomic E-state index is 0.167. The summed E-state index contributed by atoms with van der Waals surface area (Å²) in [5.74, 6) is 0.622. The van der Waals surface area contributed by atoms with Crippen molar-refractivity contribution in [2.24, 2.45) is 11.3 Å². The molecule has 7 heteroatoms. The molecule has 5 rings (SSSR count). The van der Waals surface area contributed by atoms with E-state index >= 15 is 0 Å². The number of thiophene rings is 1. The van der Waals surface area contributed by atoms with Gasteiger partial charge in [-0.2, -0.15) is 0 Å². The summed E-state index contributed by atoms with van der Waals surface area (Å²) < 4.78 is 11.3. The summed E-state index contributed by atoms with van der Waals surface area (Å²) >= 11 is 1.51. The van der Waals surface area contributed by atoms with Crippen molar-refractivity contribution in [1.82, 2.24) is 4.98 Å². The Labute approximate surface area is 246 Å². The molecule has 0 unspecified atom stereocenters. The number of fused-ring (bicyclic) bond motifs is 2. The number of carbonyl (C=O) groups is 2. The zero-order chi connectivity index (χ0) is 29.1. The largest absolute Gasteiger partial charge is 0.494 e. The molecule has 2 heterocycles. The number of pyridine rings is 1. The number of anilines is 1. The molecule has 1 amide bonds. The van der Waals surface area contributed by atoms with E-state index in [0.717, 1.165) is 53.5 Å². The highest BCUT2D eigenvalue weighted by Crippen LogP contribution is 2.44. The third kappa shape index (κ3) is 6.15. The summed E-state index contributed by atoms with van der Waals surface area (Å²) in [6.07, 6.45) is 3.62. The summed E-state index contributed by atoms with van der Waals surface area (Å²) in [5.41, 5.74) is 4.46. The Balaban J connectivity index is 1.54. The number of hydrogen-bond acceptors (Lipinski definition) is 6. The molecule has 0 aliphatic heterocycles. The van der Waals surface area contributed by atoms with Crippen LogP contribution in [0.5, 0.6) is 5.75 Å². The summed E-state index contributed by atoms with van der Waals surface area (Å²) in [6, 6.07) is 17.2. The van der Waals surface area contributed by atoms with Gasteiger partial charge in [-0.25, -0.2) is 9.78 Å². The molecule has 41 heavy (non-hydrogen) atoms.